The molecule has 1 fully saturated rings. The van der Waals surface area contributed by atoms with Crippen LogP contribution in [0.2, 0.25) is 0 Å². The van der Waals surface area contributed by atoms with Crippen molar-refractivity contribution in [3.63, 3.8) is 0 Å². The number of amides is 2. The topological polar surface area (TPSA) is 78.5 Å². The van der Waals surface area contributed by atoms with E-state index in [-0.39, 0.29) is 30.0 Å². The quantitative estimate of drug-likeness (QED) is 0.467. The normalized spacial score (nSPS) is 21.9. The highest BCUT2D eigenvalue weighted by Gasteiger charge is 2.37. The number of nitrogens with zero attached hydrogens (tertiary/aromatic N) is 1. The molecule has 2 N–H and O–H groups in total. The van der Waals surface area contributed by atoms with E-state index < -0.39 is 7.44 Å². The molecular formula is C13H26N3O3PS. The van der Waals surface area contributed by atoms with E-state index in [1.807, 2.05) is 20.1 Å². The highest BCUT2D eigenvalue weighted by Crippen LogP contribution is 2.36. The molecule has 1 rings (SSSR count). The molecular weight excluding hydrogens is 309 g/mol. The first-order valence-corrected chi connectivity index (χ1v) is 10.6. The van der Waals surface area contributed by atoms with Gasteiger partial charge in [-0.15, -0.1) is 0 Å². The summed E-state index contributed by atoms with van der Waals surface area (Å²) in [5.74, 6) is -0.255. The van der Waals surface area contributed by atoms with Crippen molar-refractivity contribution in [1.29, 1.82) is 0 Å². The van der Waals surface area contributed by atoms with Gasteiger partial charge in [-0.05, 0) is 19.1 Å². The van der Waals surface area contributed by atoms with Gasteiger partial charge >= 0.3 is 0 Å². The van der Waals surface area contributed by atoms with Crippen LogP contribution in [0.4, 0.5) is 0 Å². The van der Waals surface area contributed by atoms with Crippen molar-refractivity contribution < 1.29 is 14.2 Å². The molecule has 0 aliphatic carbocycles. The number of hydrogen-bond donors (Lipinski definition) is 2. The van der Waals surface area contributed by atoms with E-state index in [0.717, 1.165) is 12.8 Å². The number of thioether (sulfide) groups is 1. The molecule has 8 heteroatoms. The Bertz CT molecular complexity index is 419. The van der Waals surface area contributed by atoms with Crippen molar-refractivity contribution in [3.05, 3.63) is 0 Å². The van der Waals surface area contributed by atoms with Crippen molar-refractivity contribution in [2.75, 3.05) is 32.1 Å². The third-order valence-corrected chi connectivity index (χ3v) is 6.83. The van der Waals surface area contributed by atoms with E-state index >= 15 is 0 Å². The van der Waals surface area contributed by atoms with Crippen LogP contribution in [-0.4, -0.2) is 54.0 Å². The number of carbonyl (C=O) groups is 2. The molecule has 21 heavy (non-hydrogen) atoms. The van der Waals surface area contributed by atoms with E-state index in [4.69, 9.17) is 0 Å². The monoisotopic (exact) mass is 335 g/mol. The minimum atomic E-state index is -2.61. The Labute approximate surface area is 131 Å². The van der Waals surface area contributed by atoms with Crippen molar-refractivity contribution in [1.82, 2.24) is 15.1 Å². The predicted octanol–water partition coefficient (Wildman–Crippen LogP) is 1.67. The lowest BCUT2D eigenvalue weighted by Crippen LogP contribution is -2.38. The lowest BCUT2D eigenvalue weighted by molar-refractivity contribution is -0.138. The number of nitrogens with one attached hydrogen (secondary N) is 2. The molecule has 2 unspecified atom stereocenters. The lowest BCUT2D eigenvalue weighted by Gasteiger charge is -2.22. The maximum atomic E-state index is 12.6. The van der Waals surface area contributed by atoms with E-state index in [1.165, 1.54) is 16.7 Å². The maximum Gasteiger partial charge on any atom is 0.242 e. The summed E-state index contributed by atoms with van der Waals surface area (Å²) in [5.41, 5.74) is 0. The van der Waals surface area contributed by atoms with Gasteiger partial charge in [-0.3, -0.25) is 29.2 Å². The number of imide groups is 1. The molecule has 0 saturated carbocycles. The fourth-order valence-electron chi connectivity index (χ4n) is 2.24. The fraction of sp³-hybridized carbons (Fsp3) is 0.846. The van der Waals surface area contributed by atoms with E-state index in [2.05, 4.69) is 10.2 Å². The van der Waals surface area contributed by atoms with Gasteiger partial charge in [-0.1, -0.05) is 13.8 Å². The van der Waals surface area contributed by atoms with Crippen LogP contribution in [0.15, 0.2) is 0 Å². The summed E-state index contributed by atoms with van der Waals surface area (Å²) in [6.45, 7) is 5.36. The SMILES string of the molecule is CCCNP(=O)(CCC)NCCN1C(=O)CC(SC)C1=O. The zero-order valence-corrected chi connectivity index (χ0v) is 14.8. The highest BCUT2D eigenvalue weighted by molar-refractivity contribution is 8.00. The van der Waals surface area contributed by atoms with Crippen LogP contribution in [0.5, 0.6) is 0 Å². The Morgan fingerprint density at radius 1 is 1.24 bits per heavy atom. The van der Waals surface area contributed by atoms with E-state index in [9.17, 15) is 14.2 Å². The van der Waals surface area contributed by atoms with Crippen LogP contribution in [-0.2, 0) is 14.2 Å². The standard InChI is InChI=1S/C13H26N3O3PS/c1-4-6-14-20(19,9-5-2)15-7-8-16-12(17)10-11(21-3)13(16)18/h11H,4-10H2,1-3H3,(H2,14,15,19). The minimum absolute atomic E-state index is 0.124. The van der Waals surface area contributed by atoms with Gasteiger partial charge in [0.1, 0.15) is 0 Å². The summed E-state index contributed by atoms with van der Waals surface area (Å²) in [4.78, 5) is 25.0. The molecule has 1 heterocycles. The smallest absolute Gasteiger partial charge is 0.242 e. The zero-order chi connectivity index (χ0) is 15.9. The fourth-order valence-corrected chi connectivity index (χ4v) is 4.98. The van der Waals surface area contributed by atoms with Crippen LogP contribution in [0.25, 0.3) is 0 Å². The average molecular weight is 335 g/mol. The minimum Gasteiger partial charge on any atom is -0.289 e. The third-order valence-electron chi connectivity index (χ3n) is 3.35. The van der Waals surface area contributed by atoms with Gasteiger partial charge in [0, 0.05) is 32.2 Å². The lowest BCUT2D eigenvalue weighted by atomic mass is 10.4. The second-order valence-electron chi connectivity index (χ2n) is 5.09. The molecule has 1 aliphatic rings. The highest BCUT2D eigenvalue weighted by atomic mass is 32.2. The number of carbonyl (C=O) groups excluding carboxylic acids is 2. The van der Waals surface area contributed by atoms with Gasteiger partial charge in [-0.25, -0.2) is 0 Å². The van der Waals surface area contributed by atoms with Crippen LogP contribution < -0.4 is 10.2 Å². The summed E-state index contributed by atoms with van der Waals surface area (Å²) >= 11 is 1.41. The predicted molar refractivity (Wildman–Crippen MR) is 87.7 cm³/mol. The van der Waals surface area contributed by atoms with Gasteiger partial charge < -0.3 is 0 Å². The summed E-state index contributed by atoms with van der Waals surface area (Å²) in [6.07, 6.45) is 4.41. The molecule has 0 spiro atoms. The summed E-state index contributed by atoms with van der Waals surface area (Å²) < 4.78 is 12.6. The van der Waals surface area contributed by atoms with Gasteiger partial charge in [0.05, 0.1) is 5.25 Å². The molecule has 0 aromatic carbocycles. The first kappa shape index (κ1) is 18.7. The summed E-state index contributed by atoms with van der Waals surface area (Å²) in [6, 6.07) is 0. The maximum absolute atomic E-state index is 12.6. The van der Waals surface area contributed by atoms with Crippen molar-refractivity contribution in [3.8, 4) is 0 Å². The number of hydrogen-bond acceptors (Lipinski definition) is 4. The average Bonchev–Trinajstić information content (AvgIpc) is 2.73. The first-order valence-electron chi connectivity index (χ1n) is 7.43. The Kier molecular flexibility index (Phi) is 7.95. The number of likely N-dealkylation sites (tertiary alicyclic amines) is 1. The summed E-state index contributed by atoms with van der Waals surface area (Å²) in [5, 5.41) is 5.84. The number of rotatable bonds is 10. The van der Waals surface area contributed by atoms with Gasteiger partial charge in [-0.2, -0.15) is 11.8 Å². The van der Waals surface area contributed by atoms with Crippen LogP contribution in [0, 0.1) is 0 Å². The molecule has 2 atom stereocenters. The molecule has 2 amide bonds. The van der Waals surface area contributed by atoms with Crippen LogP contribution in [0.1, 0.15) is 33.1 Å². The Morgan fingerprint density at radius 2 is 1.90 bits per heavy atom. The molecule has 1 saturated heterocycles. The molecule has 6 nitrogen and oxygen atoms in total. The van der Waals surface area contributed by atoms with Crippen molar-refractivity contribution >= 4 is 31.0 Å². The zero-order valence-electron chi connectivity index (χ0n) is 13.1. The van der Waals surface area contributed by atoms with Crippen molar-refractivity contribution in [2.45, 2.75) is 38.4 Å². The Balaban J connectivity index is 2.48. The van der Waals surface area contributed by atoms with Crippen LogP contribution >= 0.6 is 19.2 Å². The Morgan fingerprint density at radius 3 is 2.43 bits per heavy atom. The molecule has 122 valence electrons. The third kappa shape index (κ3) is 5.40. The van der Waals surface area contributed by atoms with Crippen molar-refractivity contribution in [2.24, 2.45) is 0 Å². The largest absolute Gasteiger partial charge is 0.289 e. The Hall–Kier alpha value is -0.360. The van der Waals surface area contributed by atoms with E-state index in [1.54, 1.807) is 0 Å². The molecule has 0 aromatic heterocycles. The molecule has 0 radical (unpaired) electrons. The molecule has 1 aliphatic heterocycles. The second kappa shape index (κ2) is 8.93. The van der Waals surface area contributed by atoms with Crippen LogP contribution in [0.3, 0.4) is 0 Å². The second-order valence-corrected chi connectivity index (χ2v) is 8.69. The summed E-state index contributed by atoms with van der Waals surface area (Å²) in [7, 11) is -2.61. The molecule has 0 bridgehead atoms. The van der Waals surface area contributed by atoms with Gasteiger partial charge in [0.25, 0.3) is 0 Å². The first-order chi connectivity index (χ1) is 9.97. The van der Waals surface area contributed by atoms with Gasteiger partial charge in [0.2, 0.25) is 19.3 Å². The van der Waals surface area contributed by atoms with E-state index in [0.29, 0.717) is 19.3 Å². The van der Waals surface area contributed by atoms with Gasteiger partial charge in [0.15, 0.2) is 0 Å². The molecule has 0 aromatic rings.